The van der Waals surface area contributed by atoms with Crippen LogP contribution in [0.25, 0.3) is 0 Å². The standard InChI is InChI=1S/C21H24FN3O3/c22-18-2-1-3-19(13-18)23-21(26)25-8-11-28-20-5-4-16(12-17(20)15-25)14-24-6-9-27-10-7-24/h1-5,12-13H,6-11,14-15H2,(H,23,26). The highest BCUT2D eigenvalue weighted by Gasteiger charge is 2.21. The second kappa shape index (κ2) is 8.58. The van der Waals surface area contributed by atoms with E-state index in [9.17, 15) is 9.18 Å². The number of carbonyl (C=O) groups excluding carboxylic acids is 1. The Morgan fingerprint density at radius 2 is 1.93 bits per heavy atom. The number of fused-ring (bicyclic) bond motifs is 1. The molecule has 2 aliphatic heterocycles. The van der Waals surface area contributed by atoms with Gasteiger partial charge in [0.1, 0.15) is 18.2 Å². The van der Waals surface area contributed by atoms with Gasteiger partial charge in [-0.25, -0.2) is 9.18 Å². The largest absolute Gasteiger partial charge is 0.491 e. The third-order valence-corrected chi connectivity index (χ3v) is 4.98. The van der Waals surface area contributed by atoms with Crippen LogP contribution in [-0.2, 0) is 17.8 Å². The molecular formula is C21H24FN3O3. The molecule has 2 aromatic rings. The smallest absolute Gasteiger partial charge is 0.322 e. The number of carbonyl (C=O) groups is 1. The normalized spacial score (nSPS) is 17.4. The average molecular weight is 385 g/mol. The van der Waals surface area contributed by atoms with Crippen molar-refractivity contribution in [3.63, 3.8) is 0 Å². The van der Waals surface area contributed by atoms with E-state index in [4.69, 9.17) is 9.47 Å². The number of ether oxygens (including phenoxy) is 2. The molecule has 2 aromatic carbocycles. The van der Waals surface area contributed by atoms with Gasteiger partial charge in [0.15, 0.2) is 0 Å². The van der Waals surface area contributed by atoms with Crippen LogP contribution in [0.2, 0.25) is 0 Å². The van der Waals surface area contributed by atoms with Crippen molar-refractivity contribution in [3.05, 3.63) is 59.4 Å². The minimum absolute atomic E-state index is 0.263. The highest BCUT2D eigenvalue weighted by molar-refractivity contribution is 5.89. The third kappa shape index (κ3) is 4.61. The van der Waals surface area contributed by atoms with Crippen molar-refractivity contribution in [2.24, 2.45) is 0 Å². The van der Waals surface area contributed by atoms with Crippen LogP contribution >= 0.6 is 0 Å². The molecule has 2 amide bonds. The Morgan fingerprint density at radius 3 is 2.75 bits per heavy atom. The number of halogens is 1. The SMILES string of the molecule is O=C(Nc1cccc(F)c1)N1CCOc2ccc(CN3CCOCC3)cc2C1. The molecule has 148 valence electrons. The van der Waals surface area contributed by atoms with E-state index in [2.05, 4.69) is 22.3 Å². The third-order valence-electron chi connectivity index (χ3n) is 4.98. The molecule has 0 radical (unpaired) electrons. The van der Waals surface area contributed by atoms with Gasteiger partial charge in [-0.1, -0.05) is 12.1 Å². The van der Waals surface area contributed by atoms with Crippen molar-refractivity contribution in [2.75, 3.05) is 44.8 Å². The van der Waals surface area contributed by atoms with Gasteiger partial charge < -0.3 is 19.7 Å². The van der Waals surface area contributed by atoms with E-state index >= 15 is 0 Å². The van der Waals surface area contributed by atoms with Crippen LogP contribution in [0.15, 0.2) is 42.5 Å². The van der Waals surface area contributed by atoms with E-state index in [1.165, 1.54) is 17.7 Å². The quantitative estimate of drug-likeness (QED) is 0.882. The van der Waals surface area contributed by atoms with Gasteiger partial charge in [-0.3, -0.25) is 4.90 Å². The van der Waals surface area contributed by atoms with E-state index < -0.39 is 0 Å². The van der Waals surface area contributed by atoms with Gasteiger partial charge in [0, 0.05) is 30.9 Å². The van der Waals surface area contributed by atoms with Crippen LogP contribution in [-0.4, -0.2) is 55.3 Å². The van der Waals surface area contributed by atoms with Crippen LogP contribution in [0.1, 0.15) is 11.1 Å². The first-order valence-electron chi connectivity index (χ1n) is 9.53. The van der Waals surface area contributed by atoms with E-state index in [1.807, 2.05) is 6.07 Å². The number of amides is 2. The molecule has 28 heavy (non-hydrogen) atoms. The Hall–Kier alpha value is -2.64. The number of anilines is 1. The van der Waals surface area contributed by atoms with Gasteiger partial charge in [0.2, 0.25) is 0 Å². The van der Waals surface area contributed by atoms with Gasteiger partial charge >= 0.3 is 6.03 Å². The zero-order valence-corrected chi connectivity index (χ0v) is 15.7. The highest BCUT2D eigenvalue weighted by atomic mass is 19.1. The van der Waals surface area contributed by atoms with Crippen molar-refractivity contribution in [1.29, 1.82) is 0 Å². The summed E-state index contributed by atoms with van der Waals surface area (Å²) in [5, 5.41) is 2.76. The number of nitrogens with zero attached hydrogens (tertiary/aromatic N) is 2. The molecule has 0 aliphatic carbocycles. The monoisotopic (exact) mass is 385 g/mol. The minimum Gasteiger partial charge on any atom is -0.491 e. The van der Waals surface area contributed by atoms with Crippen molar-refractivity contribution < 1.29 is 18.7 Å². The molecule has 1 fully saturated rings. The molecule has 4 rings (SSSR count). The van der Waals surface area contributed by atoms with Gasteiger partial charge in [-0.15, -0.1) is 0 Å². The van der Waals surface area contributed by atoms with Crippen LogP contribution in [0.4, 0.5) is 14.9 Å². The Morgan fingerprint density at radius 1 is 1.07 bits per heavy atom. The zero-order chi connectivity index (χ0) is 19.3. The Balaban J connectivity index is 1.45. The maximum atomic E-state index is 13.4. The second-order valence-corrected chi connectivity index (χ2v) is 7.04. The first-order valence-corrected chi connectivity index (χ1v) is 9.53. The van der Waals surface area contributed by atoms with Crippen molar-refractivity contribution in [3.8, 4) is 5.75 Å². The van der Waals surface area contributed by atoms with Gasteiger partial charge in [-0.05, 0) is 35.9 Å². The average Bonchev–Trinajstić information content (AvgIpc) is 2.91. The first kappa shape index (κ1) is 18.7. The molecule has 7 heteroatoms. The van der Waals surface area contributed by atoms with Crippen LogP contribution in [0.5, 0.6) is 5.75 Å². The minimum atomic E-state index is -0.380. The summed E-state index contributed by atoms with van der Waals surface area (Å²) >= 11 is 0. The number of urea groups is 1. The molecule has 1 saturated heterocycles. The van der Waals surface area contributed by atoms with Crippen molar-refractivity contribution in [2.45, 2.75) is 13.1 Å². The highest BCUT2D eigenvalue weighted by Crippen LogP contribution is 2.25. The number of rotatable bonds is 3. The molecule has 2 aliphatic rings. The van der Waals surface area contributed by atoms with Crippen LogP contribution < -0.4 is 10.1 Å². The molecule has 0 bridgehead atoms. The molecule has 0 atom stereocenters. The van der Waals surface area contributed by atoms with Gasteiger partial charge in [0.25, 0.3) is 0 Å². The predicted molar refractivity (Wildman–Crippen MR) is 104 cm³/mol. The lowest BCUT2D eigenvalue weighted by Gasteiger charge is -2.27. The van der Waals surface area contributed by atoms with E-state index in [0.717, 1.165) is 44.2 Å². The van der Waals surface area contributed by atoms with Crippen LogP contribution in [0.3, 0.4) is 0 Å². The number of benzene rings is 2. The topological polar surface area (TPSA) is 54.0 Å². The fourth-order valence-corrected chi connectivity index (χ4v) is 3.51. The Bertz CT molecular complexity index is 839. The predicted octanol–water partition coefficient (Wildman–Crippen LogP) is 3.08. The molecule has 1 N–H and O–H groups in total. The lowest BCUT2D eigenvalue weighted by atomic mass is 10.1. The summed E-state index contributed by atoms with van der Waals surface area (Å²) in [6, 6.07) is 11.8. The summed E-state index contributed by atoms with van der Waals surface area (Å²) in [5.41, 5.74) is 2.62. The van der Waals surface area contributed by atoms with E-state index in [1.54, 1.807) is 17.0 Å². The van der Waals surface area contributed by atoms with Gasteiger partial charge in [-0.2, -0.15) is 0 Å². The molecule has 6 nitrogen and oxygen atoms in total. The van der Waals surface area contributed by atoms with Gasteiger partial charge in [0.05, 0.1) is 26.3 Å². The Kier molecular flexibility index (Phi) is 5.73. The van der Waals surface area contributed by atoms with Crippen LogP contribution in [0, 0.1) is 5.82 Å². The molecule has 0 aromatic heterocycles. The lowest BCUT2D eigenvalue weighted by Crippen LogP contribution is -2.36. The summed E-state index contributed by atoms with van der Waals surface area (Å²) < 4.78 is 24.6. The summed E-state index contributed by atoms with van der Waals surface area (Å²) in [7, 11) is 0. The number of nitrogens with one attached hydrogen (secondary N) is 1. The fraction of sp³-hybridized carbons (Fsp3) is 0.381. The Labute approximate surface area is 163 Å². The maximum Gasteiger partial charge on any atom is 0.322 e. The molecule has 2 heterocycles. The lowest BCUT2D eigenvalue weighted by molar-refractivity contribution is 0.0342. The number of morpholine rings is 1. The molecule has 0 unspecified atom stereocenters. The summed E-state index contributed by atoms with van der Waals surface area (Å²) in [5.74, 6) is 0.432. The van der Waals surface area contributed by atoms with E-state index in [-0.39, 0.29) is 11.8 Å². The number of hydrogen-bond acceptors (Lipinski definition) is 4. The second-order valence-electron chi connectivity index (χ2n) is 7.04. The zero-order valence-electron chi connectivity index (χ0n) is 15.7. The van der Waals surface area contributed by atoms with Crippen molar-refractivity contribution >= 4 is 11.7 Å². The summed E-state index contributed by atoms with van der Waals surface area (Å²) in [4.78, 5) is 16.7. The fourth-order valence-electron chi connectivity index (χ4n) is 3.51. The molecule has 0 saturated carbocycles. The maximum absolute atomic E-state index is 13.4. The molecule has 0 spiro atoms. The first-order chi connectivity index (χ1) is 13.7. The van der Waals surface area contributed by atoms with Crippen molar-refractivity contribution in [1.82, 2.24) is 9.80 Å². The summed E-state index contributed by atoms with van der Waals surface area (Å²) in [6.45, 7) is 5.58. The molecular weight excluding hydrogens is 361 g/mol. The summed E-state index contributed by atoms with van der Waals surface area (Å²) in [6.07, 6.45) is 0. The number of hydrogen-bond donors (Lipinski definition) is 1. The van der Waals surface area contributed by atoms with E-state index in [0.29, 0.717) is 25.4 Å².